The molecule has 33 heavy (non-hydrogen) atoms. The molecular weight excluding hydrogens is 454 g/mol. The van der Waals surface area contributed by atoms with Crippen LogP contribution in [0.2, 0.25) is 0 Å². The van der Waals surface area contributed by atoms with Crippen molar-refractivity contribution in [1.29, 1.82) is 0 Å². The third-order valence-corrected chi connectivity index (χ3v) is 6.22. The van der Waals surface area contributed by atoms with Crippen LogP contribution in [-0.4, -0.2) is 23.9 Å². The lowest BCUT2D eigenvalue weighted by Crippen LogP contribution is -2.27. The molecule has 1 aliphatic rings. The summed E-state index contributed by atoms with van der Waals surface area (Å²) in [7, 11) is 1.60. The molecule has 168 valence electrons. The highest BCUT2D eigenvalue weighted by Crippen LogP contribution is 2.37. The summed E-state index contributed by atoms with van der Waals surface area (Å²) in [5, 5.41) is 0. The summed E-state index contributed by atoms with van der Waals surface area (Å²) in [6.07, 6.45) is 1.82. The van der Waals surface area contributed by atoms with Gasteiger partial charge in [0.25, 0.3) is 5.91 Å². The third kappa shape index (κ3) is 5.38. The maximum Gasteiger partial charge on any atom is 0.270 e. The Labute approximate surface area is 203 Å². The van der Waals surface area contributed by atoms with Crippen LogP contribution >= 0.6 is 24.0 Å². The van der Waals surface area contributed by atoms with Gasteiger partial charge in [0.1, 0.15) is 12.4 Å². The molecule has 3 aromatic rings. The van der Waals surface area contributed by atoms with Crippen LogP contribution in [0, 0.1) is 0 Å². The van der Waals surface area contributed by atoms with E-state index in [1.54, 1.807) is 7.11 Å². The number of carbonyl (C=O) groups excluding carboxylic acids is 1. The molecule has 1 heterocycles. The van der Waals surface area contributed by atoms with Crippen LogP contribution in [0.1, 0.15) is 18.1 Å². The highest BCUT2D eigenvalue weighted by Gasteiger charge is 2.33. The second-order valence-corrected chi connectivity index (χ2v) is 8.80. The van der Waals surface area contributed by atoms with E-state index in [1.165, 1.54) is 16.7 Å². The van der Waals surface area contributed by atoms with Crippen molar-refractivity contribution in [2.45, 2.75) is 13.5 Å². The van der Waals surface area contributed by atoms with Crippen LogP contribution < -0.4 is 19.1 Å². The van der Waals surface area contributed by atoms with Crippen LogP contribution in [-0.2, 0) is 11.4 Å². The van der Waals surface area contributed by atoms with Gasteiger partial charge < -0.3 is 14.2 Å². The molecule has 0 saturated carbocycles. The number of benzene rings is 3. The lowest BCUT2D eigenvalue weighted by Gasteiger charge is -2.15. The molecule has 0 atom stereocenters. The van der Waals surface area contributed by atoms with Crippen molar-refractivity contribution in [3.05, 3.63) is 88.8 Å². The normalized spacial score (nSPS) is 14.6. The number of hydrogen-bond acceptors (Lipinski definition) is 6. The zero-order valence-corrected chi connectivity index (χ0v) is 19.9. The van der Waals surface area contributed by atoms with Crippen LogP contribution in [0.25, 0.3) is 6.08 Å². The Bertz CT molecular complexity index is 1180. The van der Waals surface area contributed by atoms with Gasteiger partial charge in [-0.1, -0.05) is 60.4 Å². The highest BCUT2D eigenvalue weighted by molar-refractivity contribution is 8.27. The number of methoxy groups -OCH3 is 1. The van der Waals surface area contributed by atoms with E-state index in [9.17, 15) is 4.79 Å². The smallest absolute Gasteiger partial charge is 0.270 e. The number of thioether (sulfide) groups is 1. The Morgan fingerprint density at radius 2 is 1.73 bits per heavy atom. The molecule has 0 aliphatic carbocycles. The molecule has 5 nitrogen and oxygen atoms in total. The fraction of sp³-hybridized carbons (Fsp3) is 0.154. The number of nitrogens with zero attached hydrogens (tertiary/aromatic N) is 1. The summed E-state index contributed by atoms with van der Waals surface area (Å²) in [4.78, 5) is 15.2. The molecule has 0 unspecified atom stereocenters. The van der Waals surface area contributed by atoms with E-state index < -0.39 is 0 Å². The van der Waals surface area contributed by atoms with Crippen molar-refractivity contribution in [1.82, 2.24) is 0 Å². The van der Waals surface area contributed by atoms with Gasteiger partial charge in [-0.05, 0) is 60.5 Å². The second kappa shape index (κ2) is 10.6. The van der Waals surface area contributed by atoms with E-state index in [2.05, 4.69) is 0 Å². The standard InChI is InChI=1S/C26H23NO4S2/c1-3-30-21-12-10-20(11-13-21)27-25(28)24(33-26(27)32)16-19-9-14-22(23(15-19)29-2)31-17-18-7-5-4-6-8-18/h4-16H,3,17H2,1-2H3. The largest absolute Gasteiger partial charge is 0.494 e. The van der Waals surface area contributed by atoms with Gasteiger partial charge in [0.2, 0.25) is 0 Å². The van der Waals surface area contributed by atoms with Gasteiger partial charge in [-0.3, -0.25) is 9.69 Å². The van der Waals surface area contributed by atoms with Gasteiger partial charge >= 0.3 is 0 Å². The molecule has 4 rings (SSSR count). The van der Waals surface area contributed by atoms with Crippen molar-refractivity contribution < 1.29 is 19.0 Å². The van der Waals surface area contributed by atoms with Crippen LogP contribution in [0.5, 0.6) is 17.2 Å². The summed E-state index contributed by atoms with van der Waals surface area (Å²) in [6.45, 7) is 2.96. The predicted molar refractivity (Wildman–Crippen MR) is 137 cm³/mol. The topological polar surface area (TPSA) is 48.0 Å². The fourth-order valence-electron chi connectivity index (χ4n) is 3.33. The average Bonchev–Trinajstić information content (AvgIpc) is 3.12. The zero-order valence-electron chi connectivity index (χ0n) is 18.3. The van der Waals surface area contributed by atoms with E-state index in [0.29, 0.717) is 39.6 Å². The molecule has 0 radical (unpaired) electrons. The molecule has 1 aliphatic heterocycles. The number of rotatable bonds is 8. The van der Waals surface area contributed by atoms with Gasteiger partial charge in [0.15, 0.2) is 15.8 Å². The van der Waals surface area contributed by atoms with Crippen LogP contribution in [0.15, 0.2) is 77.7 Å². The van der Waals surface area contributed by atoms with Crippen molar-refractivity contribution in [2.75, 3.05) is 18.6 Å². The molecule has 1 amide bonds. The van der Waals surface area contributed by atoms with Crippen molar-refractivity contribution in [2.24, 2.45) is 0 Å². The predicted octanol–water partition coefficient (Wildman–Crippen LogP) is 6.08. The summed E-state index contributed by atoms with van der Waals surface area (Å²) in [5.74, 6) is 1.84. The van der Waals surface area contributed by atoms with Gasteiger partial charge in [0, 0.05) is 0 Å². The monoisotopic (exact) mass is 477 g/mol. The minimum atomic E-state index is -0.155. The SMILES string of the molecule is CCOc1ccc(N2C(=O)C(=Cc3ccc(OCc4ccccc4)c(OC)c3)SC2=S)cc1. The molecular formula is C26H23NO4S2. The van der Waals surface area contributed by atoms with E-state index in [1.807, 2.05) is 85.8 Å². The van der Waals surface area contributed by atoms with Gasteiger partial charge in [-0.25, -0.2) is 0 Å². The second-order valence-electron chi connectivity index (χ2n) is 7.13. The first kappa shape index (κ1) is 22.9. The Morgan fingerprint density at radius 1 is 0.970 bits per heavy atom. The van der Waals surface area contributed by atoms with E-state index in [4.69, 9.17) is 26.4 Å². The zero-order chi connectivity index (χ0) is 23.2. The number of amides is 1. The molecule has 0 N–H and O–H groups in total. The molecule has 0 spiro atoms. The molecule has 1 saturated heterocycles. The number of anilines is 1. The Morgan fingerprint density at radius 3 is 2.42 bits per heavy atom. The van der Waals surface area contributed by atoms with Gasteiger partial charge in [0.05, 0.1) is 24.3 Å². The lowest BCUT2D eigenvalue weighted by molar-refractivity contribution is -0.113. The van der Waals surface area contributed by atoms with Crippen molar-refractivity contribution in [3.8, 4) is 17.2 Å². The van der Waals surface area contributed by atoms with Crippen molar-refractivity contribution >= 4 is 46.0 Å². The fourth-order valence-corrected chi connectivity index (χ4v) is 4.63. The maximum absolute atomic E-state index is 13.1. The summed E-state index contributed by atoms with van der Waals surface area (Å²) in [6, 6.07) is 22.9. The number of hydrogen-bond donors (Lipinski definition) is 0. The average molecular weight is 478 g/mol. The Balaban J connectivity index is 1.51. The highest BCUT2D eigenvalue weighted by atomic mass is 32.2. The Kier molecular flexibility index (Phi) is 7.32. The van der Waals surface area contributed by atoms with Gasteiger partial charge in [-0.15, -0.1) is 0 Å². The molecule has 0 aromatic heterocycles. The van der Waals surface area contributed by atoms with E-state index in [0.717, 1.165) is 16.9 Å². The van der Waals surface area contributed by atoms with E-state index in [-0.39, 0.29) is 5.91 Å². The van der Waals surface area contributed by atoms with E-state index >= 15 is 0 Å². The first-order valence-corrected chi connectivity index (χ1v) is 11.7. The molecule has 1 fully saturated rings. The van der Waals surface area contributed by atoms with Crippen LogP contribution in [0.3, 0.4) is 0 Å². The van der Waals surface area contributed by atoms with Gasteiger partial charge in [-0.2, -0.15) is 0 Å². The minimum Gasteiger partial charge on any atom is -0.494 e. The van der Waals surface area contributed by atoms with Crippen molar-refractivity contribution in [3.63, 3.8) is 0 Å². The third-order valence-electron chi connectivity index (χ3n) is 4.92. The van der Waals surface area contributed by atoms with Crippen LogP contribution in [0.4, 0.5) is 5.69 Å². The summed E-state index contributed by atoms with van der Waals surface area (Å²) >= 11 is 6.76. The maximum atomic E-state index is 13.1. The minimum absolute atomic E-state index is 0.155. The summed E-state index contributed by atoms with van der Waals surface area (Å²) < 4.78 is 17.4. The molecule has 0 bridgehead atoms. The number of ether oxygens (including phenoxy) is 3. The number of thiocarbonyl (C=S) groups is 1. The summed E-state index contributed by atoms with van der Waals surface area (Å²) in [5.41, 5.74) is 2.61. The Hall–Kier alpha value is -3.29. The first-order valence-electron chi connectivity index (χ1n) is 10.4. The first-order chi connectivity index (χ1) is 16.1. The molecule has 7 heteroatoms. The molecule has 3 aromatic carbocycles. The quantitative estimate of drug-likeness (QED) is 0.290. The lowest BCUT2D eigenvalue weighted by atomic mass is 10.1. The number of carbonyl (C=O) groups is 1.